The van der Waals surface area contributed by atoms with Crippen molar-refractivity contribution >= 4 is 38.1 Å². The molecule has 4 rings (SSSR count). The van der Waals surface area contributed by atoms with E-state index in [0.29, 0.717) is 42.9 Å². The number of ether oxygens (including phenoxy) is 1. The summed E-state index contributed by atoms with van der Waals surface area (Å²) >= 11 is 1.41. The van der Waals surface area contributed by atoms with E-state index in [1.54, 1.807) is 12.1 Å². The van der Waals surface area contributed by atoms with E-state index >= 15 is 0 Å². The summed E-state index contributed by atoms with van der Waals surface area (Å²) in [5, 5.41) is 3.37. The summed E-state index contributed by atoms with van der Waals surface area (Å²) in [7, 11) is -1.76. The van der Waals surface area contributed by atoms with Crippen LogP contribution in [-0.2, 0) is 14.8 Å². The van der Waals surface area contributed by atoms with Crippen molar-refractivity contribution in [3.8, 4) is 0 Å². The van der Waals surface area contributed by atoms with Crippen molar-refractivity contribution in [2.75, 3.05) is 50.1 Å². The SMILES string of the molecule is Cc1nc(NC(=O)c2cc(S(=O)(=O)N3CCOCC3)ccc2N(C)CC2CC2)sc1C. The van der Waals surface area contributed by atoms with Crippen LogP contribution in [0.5, 0.6) is 0 Å². The first kappa shape index (κ1) is 22.2. The number of benzene rings is 1. The lowest BCUT2D eigenvalue weighted by atomic mass is 10.1. The fourth-order valence-corrected chi connectivity index (χ4v) is 5.85. The zero-order valence-corrected chi connectivity index (χ0v) is 19.7. The Morgan fingerprint density at radius 3 is 2.61 bits per heavy atom. The molecule has 2 fully saturated rings. The van der Waals surface area contributed by atoms with Crippen molar-refractivity contribution in [1.82, 2.24) is 9.29 Å². The van der Waals surface area contributed by atoms with Crippen LogP contribution in [0.4, 0.5) is 10.8 Å². The maximum Gasteiger partial charge on any atom is 0.259 e. The van der Waals surface area contributed by atoms with Crippen LogP contribution in [0.1, 0.15) is 33.8 Å². The van der Waals surface area contributed by atoms with Gasteiger partial charge in [0.1, 0.15) is 0 Å². The average molecular weight is 465 g/mol. The van der Waals surface area contributed by atoms with Crippen molar-refractivity contribution in [2.45, 2.75) is 31.6 Å². The van der Waals surface area contributed by atoms with E-state index in [-0.39, 0.29) is 10.8 Å². The molecule has 0 radical (unpaired) electrons. The average Bonchev–Trinajstić information content (AvgIpc) is 3.51. The number of nitrogens with one attached hydrogen (secondary N) is 1. The second-order valence-electron chi connectivity index (χ2n) is 8.13. The van der Waals surface area contributed by atoms with Crippen molar-refractivity contribution in [2.24, 2.45) is 5.92 Å². The number of carbonyl (C=O) groups excluding carboxylic acids is 1. The minimum Gasteiger partial charge on any atom is -0.379 e. The first-order chi connectivity index (χ1) is 14.8. The van der Waals surface area contributed by atoms with Gasteiger partial charge in [0.05, 0.1) is 29.4 Å². The summed E-state index contributed by atoms with van der Waals surface area (Å²) in [6, 6.07) is 4.83. The summed E-state index contributed by atoms with van der Waals surface area (Å²) in [6.45, 7) is 6.05. The Labute approximate surface area is 187 Å². The molecule has 2 aromatic rings. The zero-order chi connectivity index (χ0) is 22.2. The Morgan fingerprint density at radius 2 is 2.00 bits per heavy atom. The Hall–Kier alpha value is -2.01. The third-order valence-corrected chi connectivity index (χ3v) is 8.59. The van der Waals surface area contributed by atoms with E-state index in [9.17, 15) is 13.2 Å². The molecule has 1 N–H and O–H groups in total. The molecule has 1 aliphatic carbocycles. The fourth-order valence-electron chi connectivity index (χ4n) is 3.60. The molecule has 1 saturated carbocycles. The van der Waals surface area contributed by atoms with Gasteiger partial charge in [0.25, 0.3) is 5.91 Å². The molecule has 10 heteroatoms. The molecular formula is C21H28N4O4S2. The van der Waals surface area contributed by atoms with Gasteiger partial charge in [-0.2, -0.15) is 4.31 Å². The second-order valence-corrected chi connectivity index (χ2v) is 11.3. The number of morpholine rings is 1. The Morgan fingerprint density at radius 1 is 1.29 bits per heavy atom. The molecular weight excluding hydrogens is 436 g/mol. The molecule has 0 bridgehead atoms. The number of carbonyl (C=O) groups is 1. The number of hydrogen-bond acceptors (Lipinski definition) is 7. The number of rotatable bonds is 7. The predicted molar refractivity (Wildman–Crippen MR) is 122 cm³/mol. The van der Waals surface area contributed by atoms with Crippen molar-refractivity contribution in [3.63, 3.8) is 0 Å². The predicted octanol–water partition coefficient (Wildman–Crippen LogP) is 2.88. The van der Waals surface area contributed by atoms with Gasteiger partial charge >= 0.3 is 0 Å². The van der Waals surface area contributed by atoms with Crippen LogP contribution < -0.4 is 10.2 Å². The maximum absolute atomic E-state index is 13.2. The summed E-state index contributed by atoms with van der Waals surface area (Å²) in [4.78, 5) is 20.8. The van der Waals surface area contributed by atoms with Gasteiger partial charge in [0, 0.05) is 37.2 Å². The molecule has 1 amide bonds. The quantitative estimate of drug-likeness (QED) is 0.678. The van der Waals surface area contributed by atoms with E-state index in [1.807, 2.05) is 25.8 Å². The van der Waals surface area contributed by atoms with E-state index in [1.165, 1.54) is 34.6 Å². The van der Waals surface area contributed by atoms with Gasteiger partial charge in [0.15, 0.2) is 5.13 Å². The van der Waals surface area contributed by atoms with E-state index in [4.69, 9.17) is 4.74 Å². The van der Waals surface area contributed by atoms with Crippen LogP contribution >= 0.6 is 11.3 Å². The van der Waals surface area contributed by atoms with Crippen LogP contribution in [-0.4, -0.2) is 63.5 Å². The number of aryl methyl sites for hydroxylation is 2. The van der Waals surface area contributed by atoms with E-state index < -0.39 is 10.0 Å². The van der Waals surface area contributed by atoms with E-state index in [0.717, 1.165) is 22.8 Å². The topological polar surface area (TPSA) is 91.8 Å². The number of thiazole rings is 1. The lowest BCUT2D eigenvalue weighted by Crippen LogP contribution is -2.40. The second kappa shape index (κ2) is 8.85. The standard InChI is InChI=1S/C21H28N4O4S2/c1-14-15(2)30-21(22-14)23-20(26)18-12-17(31(27,28)25-8-10-29-11-9-25)6-7-19(18)24(3)13-16-4-5-16/h6-7,12,16H,4-5,8-11,13H2,1-3H3,(H,22,23,26). The molecule has 1 saturated heterocycles. The third-order valence-electron chi connectivity index (χ3n) is 5.71. The number of anilines is 2. The van der Waals surface area contributed by atoms with E-state index in [2.05, 4.69) is 10.3 Å². The number of aromatic nitrogens is 1. The van der Waals surface area contributed by atoms with Crippen LogP contribution in [0.2, 0.25) is 0 Å². The van der Waals surface area contributed by atoms with Gasteiger partial charge in [-0.1, -0.05) is 0 Å². The molecule has 1 aromatic carbocycles. The summed E-state index contributed by atoms with van der Waals surface area (Å²) < 4.78 is 33.0. The first-order valence-electron chi connectivity index (χ1n) is 10.4. The summed E-state index contributed by atoms with van der Waals surface area (Å²) in [5.74, 6) is 0.271. The highest BCUT2D eigenvalue weighted by molar-refractivity contribution is 7.89. The third kappa shape index (κ3) is 4.92. The molecule has 0 unspecified atom stereocenters. The van der Waals surface area contributed by atoms with Gasteiger partial charge in [0.2, 0.25) is 10.0 Å². The molecule has 168 valence electrons. The molecule has 1 aromatic heterocycles. The highest BCUT2D eigenvalue weighted by Gasteiger charge is 2.29. The Kier molecular flexibility index (Phi) is 6.34. The van der Waals surface area contributed by atoms with Gasteiger partial charge in [-0.25, -0.2) is 13.4 Å². The van der Waals surface area contributed by atoms with Gasteiger partial charge in [-0.05, 0) is 50.8 Å². The fraction of sp³-hybridized carbons (Fsp3) is 0.524. The zero-order valence-electron chi connectivity index (χ0n) is 18.1. The van der Waals surface area contributed by atoms with Crippen LogP contribution in [0.25, 0.3) is 0 Å². The van der Waals surface area contributed by atoms with Gasteiger partial charge in [-0.15, -0.1) is 11.3 Å². The van der Waals surface area contributed by atoms with Crippen molar-refractivity contribution in [3.05, 3.63) is 34.3 Å². The summed E-state index contributed by atoms with van der Waals surface area (Å²) in [6.07, 6.45) is 2.38. The normalized spacial score (nSPS) is 17.5. The molecule has 8 nitrogen and oxygen atoms in total. The summed E-state index contributed by atoms with van der Waals surface area (Å²) in [5.41, 5.74) is 1.92. The number of sulfonamides is 1. The highest BCUT2D eigenvalue weighted by atomic mass is 32.2. The van der Waals surface area contributed by atoms with Crippen molar-refractivity contribution < 1.29 is 17.9 Å². The number of hydrogen-bond donors (Lipinski definition) is 1. The minimum absolute atomic E-state index is 0.120. The van der Waals surface area contributed by atoms with Crippen LogP contribution in [0.15, 0.2) is 23.1 Å². The number of amides is 1. The van der Waals surface area contributed by atoms with Crippen LogP contribution in [0.3, 0.4) is 0 Å². The molecule has 2 heterocycles. The Balaban J connectivity index is 1.67. The van der Waals surface area contributed by atoms with Gasteiger partial charge < -0.3 is 9.64 Å². The smallest absolute Gasteiger partial charge is 0.259 e. The first-order valence-corrected chi connectivity index (χ1v) is 12.7. The van der Waals surface area contributed by atoms with Crippen LogP contribution in [0, 0.1) is 19.8 Å². The molecule has 2 aliphatic rings. The monoisotopic (exact) mass is 464 g/mol. The highest BCUT2D eigenvalue weighted by Crippen LogP contribution is 2.33. The lowest BCUT2D eigenvalue weighted by molar-refractivity contribution is 0.0730. The molecule has 0 spiro atoms. The molecule has 31 heavy (non-hydrogen) atoms. The lowest BCUT2D eigenvalue weighted by Gasteiger charge is -2.27. The molecule has 1 aliphatic heterocycles. The molecule has 0 atom stereocenters. The Bertz CT molecular complexity index is 1050. The largest absolute Gasteiger partial charge is 0.379 e. The minimum atomic E-state index is -3.70. The van der Waals surface area contributed by atoms with Crippen molar-refractivity contribution in [1.29, 1.82) is 0 Å². The maximum atomic E-state index is 13.2. The number of nitrogens with zero attached hydrogens (tertiary/aromatic N) is 3. The van der Waals surface area contributed by atoms with Gasteiger partial charge in [-0.3, -0.25) is 10.1 Å².